The Morgan fingerprint density at radius 2 is 2.00 bits per heavy atom. The third-order valence-electron chi connectivity index (χ3n) is 4.28. The number of primary amides is 1. The van der Waals surface area contributed by atoms with Crippen molar-refractivity contribution >= 4 is 23.4 Å². The van der Waals surface area contributed by atoms with Gasteiger partial charge in [-0.3, -0.25) is 9.59 Å². The highest BCUT2D eigenvalue weighted by Gasteiger charge is 2.39. The average Bonchev–Trinajstić information content (AvgIpc) is 2.98. The number of hydrogen-bond donors (Lipinski definition) is 2. The Hall–Kier alpha value is -2.53. The van der Waals surface area contributed by atoms with E-state index < -0.39 is 17.4 Å². The number of amides is 2. The third kappa shape index (κ3) is 2.83. The van der Waals surface area contributed by atoms with Crippen molar-refractivity contribution < 1.29 is 14.3 Å². The number of ether oxygens (including phenoxy) is 1. The lowest BCUT2D eigenvalue weighted by molar-refractivity contribution is -0.132. The summed E-state index contributed by atoms with van der Waals surface area (Å²) >= 11 is 6.00. The lowest BCUT2D eigenvalue weighted by Gasteiger charge is -2.29. The topological polar surface area (TPSA) is 81.4 Å². The van der Waals surface area contributed by atoms with E-state index in [9.17, 15) is 9.59 Å². The summed E-state index contributed by atoms with van der Waals surface area (Å²) in [6, 6.07) is 14.1. The molecule has 124 valence electrons. The van der Waals surface area contributed by atoms with Gasteiger partial charge in [-0.05, 0) is 30.7 Å². The molecule has 3 rings (SSSR count). The minimum atomic E-state index is -1.36. The van der Waals surface area contributed by atoms with Crippen LogP contribution in [0, 0.1) is 0 Å². The Morgan fingerprint density at radius 1 is 1.25 bits per heavy atom. The normalized spacial score (nSPS) is 18.2. The summed E-state index contributed by atoms with van der Waals surface area (Å²) in [4.78, 5) is 24.8. The first-order valence-corrected chi connectivity index (χ1v) is 7.89. The second-order valence-corrected chi connectivity index (χ2v) is 6.33. The number of para-hydroxylation sites is 1. The number of nitrogens with two attached hydrogens (primary N) is 1. The molecule has 5 nitrogen and oxygen atoms in total. The van der Waals surface area contributed by atoms with E-state index in [-0.39, 0.29) is 12.5 Å². The van der Waals surface area contributed by atoms with E-state index in [1.165, 1.54) is 0 Å². The molecule has 2 atom stereocenters. The molecular weight excluding hydrogens is 328 g/mol. The summed E-state index contributed by atoms with van der Waals surface area (Å²) in [5.41, 5.74) is 5.53. The van der Waals surface area contributed by atoms with Gasteiger partial charge >= 0.3 is 0 Å². The van der Waals surface area contributed by atoms with Gasteiger partial charge in [0.25, 0.3) is 0 Å². The van der Waals surface area contributed by atoms with Gasteiger partial charge in [-0.15, -0.1) is 0 Å². The summed E-state index contributed by atoms with van der Waals surface area (Å²) in [6.07, 6.45) is 0. The fourth-order valence-corrected chi connectivity index (χ4v) is 2.98. The SMILES string of the molecule is CC(NC(=O)C1COc2ccccc21)(C(N)=O)c1cccc(Cl)c1. The molecule has 1 heterocycles. The van der Waals surface area contributed by atoms with Crippen molar-refractivity contribution in [2.24, 2.45) is 5.73 Å². The van der Waals surface area contributed by atoms with Gasteiger partial charge in [0, 0.05) is 10.6 Å². The quantitative estimate of drug-likeness (QED) is 0.893. The first kappa shape index (κ1) is 16.3. The molecule has 0 radical (unpaired) electrons. The minimum absolute atomic E-state index is 0.232. The second kappa shape index (κ2) is 6.17. The van der Waals surface area contributed by atoms with Crippen LogP contribution in [0.4, 0.5) is 0 Å². The fourth-order valence-electron chi connectivity index (χ4n) is 2.79. The average molecular weight is 345 g/mol. The van der Waals surface area contributed by atoms with E-state index in [0.29, 0.717) is 16.3 Å². The number of hydrogen-bond acceptors (Lipinski definition) is 3. The monoisotopic (exact) mass is 344 g/mol. The molecule has 0 aliphatic carbocycles. The molecular formula is C18H17ClN2O3. The van der Waals surface area contributed by atoms with E-state index >= 15 is 0 Å². The van der Waals surface area contributed by atoms with Crippen molar-refractivity contribution in [2.45, 2.75) is 18.4 Å². The Morgan fingerprint density at radius 3 is 2.71 bits per heavy atom. The molecule has 0 aromatic heterocycles. The van der Waals surface area contributed by atoms with E-state index in [1.807, 2.05) is 24.3 Å². The molecule has 0 spiro atoms. The van der Waals surface area contributed by atoms with E-state index in [2.05, 4.69) is 5.32 Å². The summed E-state index contributed by atoms with van der Waals surface area (Å²) < 4.78 is 5.53. The van der Waals surface area contributed by atoms with E-state index in [4.69, 9.17) is 22.1 Å². The first-order chi connectivity index (χ1) is 11.4. The Kier molecular flexibility index (Phi) is 4.20. The number of carbonyl (C=O) groups is 2. The van der Waals surface area contributed by atoms with Crippen LogP contribution in [0.2, 0.25) is 5.02 Å². The number of carbonyl (C=O) groups excluding carboxylic acids is 2. The van der Waals surface area contributed by atoms with Crippen LogP contribution >= 0.6 is 11.6 Å². The lowest BCUT2D eigenvalue weighted by atomic mass is 9.89. The Labute approximate surface area is 144 Å². The molecule has 3 N–H and O–H groups in total. The number of benzene rings is 2. The summed E-state index contributed by atoms with van der Waals surface area (Å²) in [6.45, 7) is 1.80. The summed E-state index contributed by atoms with van der Waals surface area (Å²) in [5, 5.41) is 3.23. The van der Waals surface area contributed by atoms with Crippen molar-refractivity contribution in [3.05, 3.63) is 64.7 Å². The van der Waals surface area contributed by atoms with Crippen molar-refractivity contribution in [1.82, 2.24) is 5.32 Å². The van der Waals surface area contributed by atoms with Crippen LogP contribution in [0.15, 0.2) is 48.5 Å². The lowest BCUT2D eigenvalue weighted by Crippen LogP contribution is -2.54. The van der Waals surface area contributed by atoms with Crippen LogP contribution in [0.5, 0.6) is 5.75 Å². The maximum atomic E-state index is 12.8. The molecule has 0 fully saturated rings. The number of halogens is 1. The molecule has 2 aromatic carbocycles. The molecule has 2 aromatic rings. The van der Waals surface area contributed by atoms with E-state index in [0.717, 1.165) is 5.56 Å². The smallest absolute Gasteiger partial charge is 0.247 e. The predicted molar refractivity (Wildman–Crippen MR) is 90.8 cm³/mol. The van der Waals surface area contributed by atoms with Crippen LogP contribution in [0.25, 0.3) is 0 Å². The molecule has 0 bridgehead atoms. The molecule has 0 saturated carbocycles. The van der Waals surface area contributed by atoms with Crippen molar-refractivity contribution in [3.63, 3.8) is 0 Å². The Balaban J connectivity index is 1.90. The molecule has 6 heteroatoms. The highest BCUT2D eigenvalue weighted by Crippen LogP contribution is 2.34. The van der Waals surface area contributed by atoms with Crippen molar-refractivity contribution in [2.75, 3.05) is 6.61 Å². The molecule has 1 aliphatic rings. The van der Waals surface area contributed by atoms with Gasteiger partial charge in [0.15, 0.2) is 0 Å². The molecule has 2 amide bonds. The van der Waals surface area contributed by atoms with Crippen molar-refractivity contribution in [3.8, 4) is 5.75 Å². The van der Waals surface area contributed by atoms with Gasteiger partial charge in [0.05, 0.1) is 0 Å². The van der Waals surface area contributed by atoms with Gasteiger partial charge in [-0.1, -0.05) is 41.9 Å². The maximum absolute atomic E-state index is 12.8. The Bertz CT molecular complexity index is 808. The van der Waals surface area contributed by atoms with E-state index in [1.54, 1.807) is 31.2 Å². The van der Waals surface area contributed by atoms with Gasteiger partial charge in [-0.2, -0.15) is 0 Å². The number of fused-ring (bicyclic) bond motifs is 1. The zero-order chi connectivity index (χ0) is 17.3. The van der Waals surface area contributed by atoms with Gasteiger partial charge in [-0.25, -0.2) is 0 Å². The third-order valence-corrected chi connectivity index (χ3v) is 4.52. The van der Waals surface area contributed by atoms with Crippen molar-refractivity contribution in [1.29, 1.82) is 0 Å². The largest absolute Gasteiger partial charge is 0.492 e. The molecule has 0 saturated heterocycles. The van der Waals surface area contributed by atoms with Crippen LogP contribution in [0.3, 0.4) is 0 Å². The number of rotatable bonds is 4. The predicted octanol–water partition coefficient (Wildman–Crippen LogP) is 2.33. The molecule has 2 unspecified atom stereocenters. The number of nitrogens with one attached hydrogen (secondary N) is 1. The standard InChI is InChI=1S/C18H17ClN2O3/c1-18(17(20)23,11-5-4-6-12(19)9-11)21-16(22)14-10-24-15-8-3-2-7-13(14)15/h2-9,14H,10H2,1H3,(H2,20,23)(H,21,22). The second-order valence-electron chi connectivity index (χ2n) is 5.89. The van der Waals surface area contributed by atoms with Gasteiger partial charge < -0.3 is 15.8 Å². The van der Waals surface area contributed by atoms with Gasteiger partial charge in [0.1, 0.15) is 23.8 Å². The highest BCUT2D eigenvalue weighted by molar-refractivity contribution is 6.30. The maximum Gasteiger partial charge on any atom is 0.247 e. The highest BCUT2D eigenvalue weighted by atomic mass is 35.5. The summed E-state index contributed by atoms with van der Waals surface area (Å²) in [5.74, 6) is -0.785. The zero-order valence-corrected chi connectivity index (χ0v) is 13.8. The zero-order valence-electron chi connectivity index (χ0n) is 13.1. The van der Waals surface area contributed by atoms with Crippen LogP contribution in [0.1, 0.15) is 24.0 Å². The van der Waals surface area contributed by atoms with Crippen LogP contribution in [-0.4, -0.2) is 18.4 Å². The molecule has 1 aliphatic heterocycles. The van der Waals surface area contributed by atoms with Gasteiger partial charge in [0.2, 0.25) is 11.8 Å². The molecule has 24 heavy (non-hydrogen) atoms. The van der Waals surface area contributed by atoms with Crippen LogP contribution < -0.4 is 15.8 Å². The fraction of sp³-hybridized carbons (Fsp3) is 0.222. The van der Waals surface area contributed by atoms with Crippen LogP contribution in [-0.2, 0) is 15.1 Å². The minimum Gasteiger partial charge on any atom is -0.492 e. The summed E-state index contributed by atoms with van der Waals surface area (Å²) in [7, 11) is 0. The first-order valence-electron chi connectivity index (χ1n) is 7.51.